The van der Waals surface area contributed by atoms with Crippen molar-refractivity contribution in [2.24, 2.45) is 0 Å². The summed E-state index contributed by atoms with van der Waals surface area (Å²) < 4.78 is 56.5. The quantitative estimate of drug-likeness (QED) is 0.371. The molecule has 1 aliphatic rings. The van der Waals surface area contributed by atoms with E-state index in [1.54, 1.807) is 14.2 Å². The lowest BCUT2D eigenvalue weighted by Crippen LogP contribution is -2.47. The molecule has 0 aliphatic carbocycles. The zero-order chi connectivity index (χ0) is 26.4. The van der Waals surface area contributed by atoms with Crippen LogP contribution >= 0.6 is 12.2 Å². The summed E-state index contributed by atoms with van der Waals surface area (Å²) in [5.74, 6) is 1.33. The Hall–Kier alpha value is -3.46. The third-order valence-corrected chi connectivity index (χ3v) is 6.74. The number of thiocarbonyl (C=S) groups is 1. The van der Waals surface area contributed by atoms with Gasteiger partial charge in [0.05, 0.1) is 25.8 Å². The Morgan fingerprint density at radius 2 is 1.73 bits per heavy atom. The highest BCUT2D eigenvalue weighted by Gasteiger charge is 2.33. The van der Waals surface area contributed by atoms with Crippen molar-refractivity contribution in [3.63, 3.8) is 0 Å². The van der Waals surface area contributed by atoms with Crippen LogP contribution in [0.4, 0.5) is 13.2 Å². The zero-order valence-electron chi connectivity index (χ0n) is 20.7. The molecule has 0 amide bonds. The van der Waals surface area contributed by atoms with E-state index in [-0.39, 0.29) is 18.4 Å². The Labute approximate surface area is 220 Å². The number of alkyl halides is 3. The molecule has 0 saturated heterocycles. The van der Waals surface area contributed by atoms with E-state index in [1.807, 2.05) is 35.2 Å². The third-order valence-electron chi connectivity index (χ3n) is 6.37. The van der Waals surface area contributed by atoms with E-state index in [0.29, 0.717) is 29.7 Å². The SMILES string of the molecule is COc1cc2c(cc1OC)C(COc1cccc(C(F)(F)F)c1)N(C(=S)NCCc1ccccc1)CC2. The van der Waals surface area contributed by atoms with E-state index in [1.165, 1.54) is 17.7 Å². The summed E-state index contributed by atoms with van der Waals surface area (Å²) >= 11 is 5.76. The van der Waals surface area contributed by atoms with Crippen molar-refractivity contribution < 1.29 is 27.4 Å². The van der Waals surface area contributed by atoms with Gasteiger partial charge in [-0.1, -0.05) is 36.4 Å². The number of halogens is 3. The molecule has 3 aromatic rings. The molecule has 1 atom stereocenters. The van der Waals surface area contributed by atoms with Crippen LogP contribution in [0, 0.1) is 0 Å². The van der Waals surface area contributed by atoms with Gasteiger partial charge in [-0.15, -0.1) is 0 Å². The monoisotopic (exact) mass is 530 g/mol. The van der Waals surface area contributed by atoms with Gasteiger partial charge in [0.1, 0.15) is 12.4 Å². The second kappa shape index (κ2) is 11.7. The lowest BCUT2D eigenvalue weighted by Gasteiger charge is -2.39. The summed E-state index contributed by atoms with van der Waals surface area (Å²) in [6, 6.07) is 18.5. The minimum Gasteiger partial charge on any atom is -0.493 e. The first-order valence-corrected chi connectivity index (χ1v) is 12.3. The maximum absolute atomic E-state index is 13.2. The van der Waals surface area contributed by atoms with Crippen LogP contribution in [0.5, 0.6) is 17.2 Å². The molecule has 4 rings (SSSR count). The molecule has 0 spiro atoms. The van der Waals surface area contributed by atoms with Crippen LogP contribution in [0.3, 0.4) is 0 Å². The molecule has 1 aliphatic heterocycles. The van der Waals surface area contributed by atoms with Gasteiger partial charge < -0.3 is 24.4 Å². The summed E-state index contributed by atoms with van der Waals surface area (Å²) in [4.78, 5) is 2.03. The van der Waals surface area contributed by atoms with Crippen LogP contribution in [-0.4, -0.2) is 43.9 Å². The standard InChI is InChI=1S/C28H29F3N2O3S/c1-34-25-15-20-12-14-33(27(37)32-13-11-19-7-4-3-5-8-19)24(23(20)17-26(25)35-2)18-36-22-10-6-9-21(16-22)28(29,30)31/h3-10,15-17,24H,11-14,18H2,1-2H3,(H,32,37). The largest absolute Gasteiger partial charge is 0.493 e. The van der Waals surface area contributed by atoms with Gasteiger partial charge in [-0.25, -0.2) is 0 Å². The fraction of sp³-hybridized carbons (Fsp3) is 0.321. The molecular weight excluding hydrogens is 501 g/mol. The number of hydrogen-bond donors (Lipinski definition) is 1. The van der Waals surface area contributed by atoms with Crippen LogP contribution in [0.2, 0.25) is 0 Å². The number of nitrogens with one attached hydrogen (secondary N) is 1. The lowest BCUT2D eigenvalue weighted by atomic mass is 9.92. The highest BCUT2D eigenvalue weighted by atomic mass is 32.1. The van der Waals surface area contributed by atoms with Crippen molar-refractivity contribution in [1.82, 2.24) is 10.2 Å². The van der Waals surface area contributed by atoms with E-state index in [0.717, 1.165) is 36.1 Å². The van der Waals surface area contributed by atoms with Gasteiger partial charge in [0, 0.05) is 13.1 Å². The topological polar surface area (TPSA) is 43.0 Å². The van der Waals surface area contributed by atoms with Gasteiger partial charge in [0.2, 0.25) is 0 Å². The van der Waals surface area contributed by atoms with E-state index in [4.69, 9.17) is 26.4 Å². The summed E-state index contributed by atoms with van der Waals surface area (Å²) in [5, 5.41) is 3.90. The molecule has 5 nitrogen and oxygen atoms in total. The van der Waals surface area contributed by atoms with Crippen molar-refractivity contribution in [3.05, 3.63) is 89.0 Å². The van der Waals surface area contributed by atoms with Crippen molar-refractivity contribution in [3.8, 4) is 17.2 Å². The predicted octanol–water partition coefficient (Wildman–Crippen LogP) is 5.82. The van der Waals surface area contributed by atoms with Gasteiger partial charge in [-0.05, 0) is 72.1 Å². The number of hydrogen-bond acceptors (Lipinski definition) is 4. The van der Waals surface area contributed by atoms with Crippen molar-refractivity contribution >= 4 is 17.3 Å². The summed E-state index contributed by atoms with van der Waals surface area (Å²) in [7, 11) is 3.15. The maximum atomic E-state index is 13.2. The Bertz CT molecular complexity index is 1220. The zero-order valence-corrected chi connectivity index (χ0v) is 21.5. The minimum absolute atomic E-state index is 0.101. The fourth-order valence-corrected chi connectivity index (χ4v) is 4.77. The van der Waals surface area contributed by atoms with Crippen LogP contribution in [0.1, 0.15) is 28.3 Å². The second-order valence-corrected chi connectivity index (χ2v) is 9.06. The van der Waals surface area contributed by atoms with Gasteiger partial charge in [0.15, 0.2) is 16.6 Å². The average Bonchev–Trinajstić information content (AvgIpc) is 2.91. The lowest BCUT2D eigenvalue weighted by molar-refractivity contribution is -0.137. The van der Waals surface area contributed by atoms with Gasteiger partial charge in [-0.2, -0.15) is 13.2 Å². The molecular formula is C28H29F3N2O3S. The molecule has 3 aromatic carbocycles. The number of benzene rings is 3. The molecule has 1 heterocycles. The van der Waals surface area contributed by atoms with Crippen molar-refractivity contribution in [1.29, 1.82) is 0 Å². The minimum atomic E-state index is -4.45. The van der Waals surface area contributed by atoms with Crippen molar-refractivity contribution in [2.75, 3.05) is 33.9 Å². The number of methoxy groups -OCH3 is 2. The van der Waals surface area contributed by atoms with Gasteiger partial charge in [0.25, 0.3) is 0 Å². The first-order valence-electron chi connectivity index (χ1n) is 11.9. The molecule has 37 heavy (non-hydrogen) atoms. The Balaban J connectivity index is 1.56. The third kappa shape index (κ3) is 6.46. The first kappa shape index (κ1) is 26.6. The van der Waals surface area contributed by atoms with Gasteiger partial charge >= 0.3 is 6.18 Å². The Morgan fingerprint density at radius 3 is 2.43 bits per heavy atom. The molecule has 0 bridgehead atoms. The predicted molar refractivity (Wildman–Crippen MR) is 140 cm³/mol. The first-order chi connectivity index (χ1) is 17.8. The highest BCUT2D eigenvalue weighted by Crippen LogP contribution is 2.39. The number of rotatable bonds is 8. The van der Waals surface area contributed by atoms with E-state index in [2.05, 4.69) is 17.4 Å². The van der Waals surface area contributed by atoms with Crippen LogP contribution in [0.25, 0.3) is 0 Å². The van der Waals surface area contributed by atoms with E-state index >= 15 is 0 Å². The summed E-state index contributed by atoms with van der Waals surface area (Å²) in [5.41, 5.74) is 2.43. The molecule has 0 saturated carbocycles. The van der Waals surface area contributed by atoms with Crippen LogP contribution in [-0.2, 0) is 19.0 Å². The number of nitrogens with zero attached hydrogens (tertiary/aromatic N) is 1. The Morgan fingerprint density at radius 1 is 1.00 bits per heavy atom. The van der Waals surface area contributed by atoms with E-state index < -0.39 is 11.7 Å². The average molecular weight is 531 g/mol. The maximum Gasteiger partial charge on any atom is 0.416 e. The molecule has 0 fully saturated rings. The Kier molecular flexibility index (Phi) is 8.43. The molecule has 196 valence electrons. The van der Waals surface area contributed by atoms with Crippen LogP contribution < -0.4 is 19.5 Å². The van der Waals surface area contributed by atoms with E-state index in [9.17, 15) is 13.2 Å². The molecule has 1 N–H and O–H groups in total. The van der Waals surface area contributed by atoms with Crippen LogP contribution in [0.15, 0.2) is 66.7 Å². The fourth-order valence-electron chi connectivity index (χ4n) is 4.45. The number of fused-ring (bicyclic) bond motifs is 1. The summed E-state index contributed by atoms with van der Waals surface area (Å²) in [6.07, 6.45) is -2.92. The van der Waals surface area contributed by atoms with Gasteiger partial charge in [-0.3, -0.25) is 0 Å². The molecule has 9 heteroatoms. The molecule has 1 unspecified atom stereocenters. The highest BCUT2D eigenvalue weighted by molar-refractivity contribution is 7.80. The smallest absolute Gasteiger partial charge is 0.416 e. The molecule has 0 radical (unpaired) electrons. The second-order valence-electron chi connectivity index (χ2n) is 8.67. The summed E-state index contributed by atoms with van der Waals surface area (Å²) in [6.45, 7) is 1.37. The molecule has 0 aromatic heterocycles. The number of ether oxygens (including phenoxy) is 3. The normalized spacial score (nSPS) is 15.1. The van der Waals surface area contributed by atoms with Crippen molar-refractivity contribution in [2.45, 2.75) is 25.1 Å².